The van der Waals surface area contributed by atoms with E-state index >= 15 is 0 Å². The molecule has 0 amide bonds. The Hall–Kier alpha value is -1.84. The second-order valence-electron chi connectivity index (χ2n) is 3.46. The van der Waals surface area contributed by atoms with Gasteiger partial charge >= 0.3 is 16.8 Å². The van der Waals surface area contributed by atoms with E-state index in [1.165, 1.54) is 0 Å². The van der Waals surface area contributed by atoms with Gasteiger partial charge in [0.1, 0.15) is 6.61 Å². The van der Waals surface area contributed by atoms with E-state index in [0.717, 1.165) is 6.07 Å². The minimum atomic E-state index is -1.20. The fourth-order valence-electron chi connectivity index (χ4n) is 1.45. The summed E-state index contributed by atoms with van der Waals surface area (Å²) in [6.07, 6.45) is -1.20. The number of nitro benzene ring substituents is 1. The summed E-state index contributed by atoms with van der Waals surface area (Å²) in [5, 5.41) is 10.9. The molecular weight excluding hydrogens is 349 g/mol. The number of carbonyl (C=O) groups is 1. The molecule has 0 unspecified atom stereocenters. The van der Waals surface area contributed by atoms with Crippen LogP contribution in [0.5, 0.6) is 5.75 Å². The Morgan fingerprint density at radius 2 is 2.24 bits per heavy atom. The number of nitrogens with zero attached hydrogens (tertiary/aromatic N) is 1. The standard InChI is InChI=1S/C10H5Cl2NO7S/c11-1-2-18-9(14)20-7-4(12)3-5-8(6(7)13(16)17)21-10(15)19-5/h3H,1-2H2. The summed E-state index contributed by atoms with van der Waals surface area (Å²) < 4.78 is 13.9. The van der Waals surface area contributed by atoms with Gasteiger partial charge in [-0.2, -0.15) is 0 Å². The van der Waals surface area contributed by atoms with Crippen molar-refractivity contribution in [3.8, 4) is 5.75 Å². The quantitative estimate of drug-likeness (QED) is 0.273. The summed E-state index contributed by atoms with van der Waals surface area (Å²) in [5.41, 5.74) is -0.709. The monoisotopic (exact) mass is 353 g/mol. The lowest BCUT2D eigenvalue weighted by atomic mass is 10.3. The van der Waals surface area contributed by atoms with Crippen molar-refractivity contribution in [1.82, 2.24) is 0 Å². The van der Waals surface area contributed by atoms with Gasteiger partial charge in [0, 0.05) is 6.07 Å². The molecule has 0 spiro atoms. The Labute approximate surface area is 129 Å². The van der Waals surface area contributed by atoms with Crippen molar-refractivity contribution >= 4 is 56.7 Å². The molecule has 1 aromatic heterocycles. The van der Waals surface area contributed by atoms with Gasteiger partial charge in [0.25, 0.3) is 0 Å². The molecule has 2 rings (SSSR count). The van der Waals surface area contributed by atoms with E-state index in [0.29, 0.717) is 11.3 Å². The van der Waals surface area contributed by atoms with Gasteiger partial charge in [-0.1, -0.05) is 11.6 Å². The SMILES string of the molecule is O=C(OCCCl)Oc1c(Cl)cc2oc(=O)sc2c1[N+](=O)[O-]. The van der Waals surface area contributed by atoms with Crippen LogP contribution in [-0.2, 0) is 4.74 Å². The smallest absolute Gasteiger partial charge is 0.433 e. The zero-order valence-corrected chi connectivity index (χ0v) is 12.3. The average molecular weight is 354 g/mol. The van der Waals surface area contributed by atoms with Crippen LogP contribution < -0.4 is 9.68 Å². The van der Waals surface area contributed by atoms with Crippen molar-refractivity contribution in [1.29, 1.82) is 0 Å². The van der Waals surface area contributed by atoms with Crippen molar-refractivity contribution in [3.05, 3.63) is 30.9 Å². The summed E-state index contributed by atoms with van der Waals surface area (Å²) in [6.45, 7) is -0.132. The Morgan fingerprint density at radius 3 is 2.86 bits per heavy atom. The minimum absolute atomic E-state index is 0.0350. The normalized spacial score (nSPS) is 10.6. The van der Waals surface area contributed by atoms with Gasteiger partial charge in [0.15, 0.2) is 10.3 Å². The van der Waals surface area contributed by atoms with Crippen LogP contribution in [0.25, 0.3) is 10.3 Å². The molecule has 1 heterocycles. The Balaban J connectivity index is 2.53. The number of fused-ring (bicyclic) bond motifs is 1. The van der Waals surface area contributed by atoms with Gasteiger partial charge in [-0.25, -0.2) is 9.59 Å². The van der Waals surface area contributed by atoms with Gasteiger partial charge in [-0.3, -0.25) is 10.1 Å². The summed E-state index contributed by atoms with van der Waals surface area (Å²) in [7, 11) is 0. The highest BCUT2D eigenvalue weighted by molar-refractivity contribution is 7.16. The van der Waals surface area contributed by atoms with Crippen LogP contribution in [0.3, 0.4) is 0 Å². The molecule has 2 aromatic rings. The van der Waals surface area contributed by atoms with Crippen molar-refractivity contribution in [2.45, 2.75) is 0 Å². The molecule has 0 saturated carbocycles. The molecule has 0 fully saturated rings. The van der Waals surface area contributed by atoms with E-state index < -0.39 is 27.5 Å². The first-order chi connectivity index (χ1) is 9.93. The first-order valence-corrected chi connectivity index (χ1v) is 6.98. The summed E-state index contributed by atoms with van der Waals surface area (Å²) in [4.78, 5) is 32.1. The predicted octanol–water partition coefficient (Wildman–Crippen LogP) is 3.17. The molecule has 0 saturated heterocycles. The van der Waals surface area contributed by atoms with Gasteiger partial charge in [0.2, 0.25) is 5.75 Å². The first-order valence-electron chi connectivity index (χ1n) is 5.25. The molecule has 0 atom stereocenters. The molecular formula is C10H5Cl2NO7S. The topological polar surface area (TPSA) is 109 Å². The third kappa shape index (κ3) is 3.26. The van der Waals surface area contributed by atoms with E-state index in [1.54, 1.807) is 0 Å². The average Bonchev–Trinajstić information content (AvgIpc) is 2.76. The van der Waals surface area contributed by atoms with E-state index in [4.69, 9.17) is 32.4 Å². The third-order valence-corrected chi connectivity index (χ3v) is 3.46. The number of alkyl halides is 1. The number of hydrogen-bond acceptors (Lipinski definition) is 8. The number of carbonyl (C=O) groups excluding carboxylic acids is 1. The van der Waals surface area contributed by atoms with Gasteiger partial charge in [-0.05, 0) is 11.3 Å². The van der Waals surface area contributed by atoms with Crippen LogP contribution in [0, 0.1) is 10.1 Å². The van der Waals surface area contributed by atoms with Crippen LogP contribution in [0.2, 0.25) is 5.02 Å². The lowest BCUT2D eigenvalue weighted by Gasteiger charge is -2.06. The second kappa shape index (κ2) is 6.29. The maximum atomic E-state index is 11.4. The molecule has 11 heteroatoms. The number of halogens is 2. The van der Waals surface area contributed by atoms with Crippen LogP contribution in [0.4, 0.5) is 10.5 Å². The molecule has 0 radical (unpaired) electrons. The minimum Gasteiger partial charge on any atom is -0.433 e. The maximum Gasteiger partial charge on any atom is 0.514 e. The highest BCUT2D eigenvalue weighted by Gasteiger charge is 2.29. The predicted molar refractivity (Wildman–Crippen MR) is 74.7 cm³/mol. The Morgan fingerprint density at radius 1 is 1.52 bits per heavy atom. The maximum absolute atomic E-state index is 11.4. The molecule has 0 aliphatic heterocycles. The lowest BCUT2D eigenvalue weighted by molar-refractivity contribution is -0.383. The molecule has 21 heavy (non-hydrogen) atoms. The molecule has 1 aromatic carbocycles. The zero-order chi connectivity index (χ0) is 15.6. The van der Waals surface area contributed by atoms with Gasteiger partial charge in [0.05, 0.1) is 15.8 Å². The van der Waals surface area contributed by atoms with E-state index in [9.17, 15) is 19.7 Å². The molecule has 8 nitrogen and oxygen atoms in total. The van der Waals surface area contributed by atoms with Crippen LogP contribution >= 0.6 is 34.5 Å². The number of rotatable bonds is 4. The fourth-order valence-corrected chi connectivity index (χ4v) is 2.51. The molecule has 0 N–H and O–H groups in total. The van der Waals surface area contributed by atoms with Gasteiger partial charge in [-0.15, -0.1) is 11.6 Å². The van der Waals surface area contributed by atoms with E-state index in [-0.39, 0.29) is 27.8 Å². The largest absolute Gasteiger partial charge is 0.514 e. The van der Waals surface area contributed by atoms with Crippen molar-refractivity contribution in [3.63, 3.8) is 0 Å². The third-order valence-electron chi connectivity index (χ3n) is 2.17. The summed E-state index contributed by atoms with van der Waals surface area (Å²) in [6, 6.07) is 1.14. The number of nitro groups is 1. The lowest BCUT2D eigenvalue weighted by Crippen LogP contribution is -2.13. The summed E-state index contributed by atoms with van der Waals surface area (Å²) >= 11 is 11.6. The highest BCUT2D eigenvalue weighted by atomic mass is 35.5. The highest BCUT2D eigenvalue weighted by Crippen LogP contribution is 2.42. The molecule has 112 valence electrons. The first kappa shape index (κ1) is 15.5. The van der Waals surface area contributed by atoms with E-state index in [2.05, 4.69) is 4.74 Å². The second-order valence-corrected chi connectivity index (χ2v) is 5.19. The van der Waals surface area contributed by atoms with Crippen molar-refractivity contribution < 1.29 is 23.6 Å². The van der Waals surface area contributed by atoms with Crippen LogP contribution in [-0.4, -0.2) is 23.6 Å². The Kier molecular flexibility index (Phi) is 4.66. The van der Waals surface area contributed by atoms with Crippen LogP contribution in [0.1, 0.15) is 0 Å². The molecule has 0 aliphatic carbocycles. The molecule has 0 bridgehead atoms. The number of ether oxygens (including phenoxy) is 2. The number of hydrogen-bond donors (Lipinski definition) is 0. The van der Waals surface area contributed by atoms with Crippen LogP contribution in [0.15, 0.2) is 15.3 Å². The van der Waals surface area contributed by atoms with Crippen molar-refractivity contribution in [2.24, 2.45) is 0 Å². The van der Waals surface area contributed by atoms with Gasteiger partial charge < -0.3 is 13.9 Å². The fraction of sp³-hybridized carbons (Fsp3) is 0.200. The summed E-state index contributed by atoms with van der Waals surface area (Å²) in [5.74, 6) is -0.487. The number of benzene rings is 1. The van der Waals surface area contributed by atoms with E-state index in [1.807, 2.05) is 0 Å². The Bertz CT molecular complexity index is 769. The molecule has 0 aliphatic rings. The van der Waals surface area contributed by atoms with Crippen molar-refractivity contribution in [2.75, 3.05) is 12.5 Å². The zero-order valence-electron chi connectivity index (χ0n) is 9.96.